The molecule has 29 heavy (non-hydrogen) atoms. The van der Waals surface area contributed by atoms with Crippen LogP contribution in [0, 0.1) is 0 Å². The number of hydrogen-bond donors (Lipinski definition) is 0. The predicted molar refractivity (Wildman–Crippen MR) is 108 cm³/mol. The smallest absolute Gasteiger partial charge is 0.333 e. The van der Waals surface area contributed by atoms with Gasteiger partial charge in [0.2, 0.25) is 5.91 Å². The fraction of sp³-hybridized carbons (Fsp3) is 0.350. The lowest BCUT2D eigenvalue weighted by Crippen LogP contribution is -2.29. The maximum Gasteiger partial charge on any atom is 0.333 e. The number of esters is 2. The Kier molecular flexibility index (Phi) is 8.60. The van der Waals surface area contributed by atoms with Crippen molar-refractivity contribution in [3.8, 4) is 11.5 Å². The van der Waals surface area contributed by atoms with Crippen LogP contribution in [0.5, 0.6) is 11.5 Å². The zero-order chi connectivity index (χ0) is 21.2. The molecule has 156 valence electrons. The molecule has 1 aliphatic heterocycles. The summed E-state index contributed by atoms with van der Waals surface area (Å²) in [6, 6.07) is 5.24. The third kappa shape index (κ3) is 6.56. The first-order valence-corrected chi connectivity index (χ1v) is 9.85. The van der Waals surface area contributed by atoms with Crippen LogP contribution in [0.15, 0.2) is 35.4 Å². The maximum atomic E-state index is 12.0. The van der Waals surface area contributed by atoms with Crippen LogP contribution >= 0.6 is 11.8 Å². The molecule has 0 aliphatic carbocycles. The van der Waals surface area contributed by atoms with Crippen molar-refractivity contribution in [3.63, 3.8) is 0 Å². The van der Waals surface area contributed by atoms with E-state index in [1.807, 2.05) is 0 Å². The summed E-state index contributed by atoms with van der Waals surface area (Å²) in [4.78, 5) is 36.9. The molecule has 0 aromatic heterocycles. The van der Waals surface area contributed by atoms with Crippen LogP contribution in [0.2, 0.25) is 0 Å². The van der Waals surface area contributed by atoms with Crippen LogP contribution in [0.25, 0.3) is 6.08 Å². The summed E-state index contributed by atoms with van der Waals surface area (Å²) >= 11 is 1.25. The first kappa shape index (κ1) is 22.4. The molecule has 1 fully saturated rings. The Morgan fingerprint density at radius 2 is 1.90 bits per heavy atom. The summed E-state index contributed by atoms with van der Waals surface area (Å²) in [5, 5.41) is 0.491. The number of nitrogens with zero attached hydrogens (tertiary/aromatic N) is 1. The van der Waals surface area contributed by atoms with Gasteiger partial charge in [0.15, 0.2) is 11.5 Å². The highest BCUT2D eigenvalue weighted by Crippen LogP contribution is 2.29. The largest absolute Gasteiger partial charge is 0.493 e. The van der Waals surface area contributed by atoms with Gasteiger partial charge < -0.3 is 23.8 Å². The van der Waals surface area contributed by atoms with Gasteiger partial charge in [-0.05, 0) is 30.7 Å². The zero-order valence-corrected chi connectivity index (χ0v) is 17.3. The monoisotopic (exact) mass is 421 g/mol. The minimum atomic E-state index is -0.546. The lowest BCUT2D eigenvalue weighted by Gasteiger charge is -2.16. The van der Waals surface area contributed by atoms with Crippen molar-refractivity contribution in [2.45, 2.75) is 6.92 Å². The van der Waals surface area contributed by atoms with Crippen molar-refractivity contribution >= 4 is 35.7 Å². The number of rotatable bonds is 9. The molecule has 1 aromatic rings. The fourth-order valence-electron chi connectivity index (χ4n) is 2.46. The lowest BCUT2D eigenvalue weighted by molar-refractivity contribution is -0.140. The molecule has 0 saturated carbocycles. The molecular weight excluding hydrogens is 398 g/mol. The Morgan fingerprint density at radius 3 is 2.59 bits per heavy atom. The van der Waals surface area contributed by atoms with E-state index in [2.05, 4.69) is 0 Å². The van der Waals surface area contributed by atoms with Crippen LogP contribution in [-0.2, 0) is 23.9 Å². The number of amides is 1. The number of methoxy groups -OCH3 is 2. The number of hydrogen-bond acceptors (Lipinski definition) is 8. The van der Waals surface area contributed by atoms with Gasteiger partial charge in [0.25, 0.3) is 0 Å². The summed E-state index contributed by atoms with van der Waals surface area (Å²) < 4.78 is 20.4. The van der Waals surface area contributed by atoms with Gasteiger partial charge in [0.1, 0.15) is 6.61 Å². The third-order valence-electron chi connectivity index (χ3n) is 3.82. The molecule has 1 aliphatic rings. The van der Waals surface area contributed by atoms with Gasteiger partial charge in [0.05, 0.1) is 44.2 Å². The van der Waals surface area contributed by atoms with E-state index in [0.717, 1.165) is 5.56 Å². The predicted octanol–water partition coefficient (Wildman–Crippen LogP) is 2.24. The second-order valence-electron chi connectivity index (χ2n) is 5.68. The average Bonchev–Trinajstić information content (AvgIpc) is 3.05. The van der Waals surface area contributed by atoms with Crippen LogP contribution in [0.3, 0.4) is 0 Å². The highest BCUT2D eigenvalue weighted by molar-refractivity contribution is 8.04. The van der Waals surface area contributed by atoms with Gasteiger partial charge in [-0.15, -0.1) is 0 Å². The molecule has 1 amide bonds. The Balaban J connectivity index is 1.88. The van der Waals surface area contributed by atoms with Crippen molar-refractivity contribution in [1.82, 2.24) is 4.90 Å². The van der Waals surface area contributed by atoms with Crippen molar-refractivity contribution in [2.75, 3.05) is 39.7 Å². The number of carbonyl (C=O) groups excluding carboxylic acids is 3. The maximum absolute atomic E-state index is 12.0. The Morgan fingerprint density at radius 1 is 1.14 bits per heavy atom. The van der Waals surface area contributed by atoms with Gasteiger partial charge in [-0.25, -0.2) is 9.59 Å². The summed E-state index contributed by atoms with van der Waals surface area (Å²) in [6.45, 7) is 2.12. The van der Waals surface area contributed by atoms with E-state index in [-0.39, 0.29) is 31.4 Å². The van der Waals surface area contributed by atoms with E-state index >= 15 is 0 Å². The highest BCUT2D eigenvalue weighted by Gasteiger charge is 2.27. The standard InChI is InChI=1S/C20H23NO7S/c1-4-27-20(24)12-18-21(17(22)13-29-18)9-10-28-19(23)8-6-14-5-7-15(25-2)16(11-14)26-3/h5-8,11-12H,4,9-10,13H2,1-3H3/b8-6+,18-12-. The molecule has 0 N–H and O–H groups in total. The van der Waals surface area contributed by atoms with E-state index in [1.54, 1.807) is 38.3 Å². The fourth-order valence-corrected chi connectivity index (χ4v) is 3.42. The van der Waals surface area contributed by atoms with Crippen LogP contribution in [-0.4, -0.2) is 62.5 Å². The van der Waals surface area contributed by atoms with Gasteiger partial charge in [0, 0.05) is 6.08 Å². The summed E-state index contributed by atoms with van der Waals surface area (Å²) in [7, 11) is 3.07. The number of benzene rings is 1. The average molecular weight is 421 g/mol. The minimum Gasteiger partial charge on any atom is -0.493 e. The molecule has 8 nitrogen and oxygen atoms in total. The second-order valence-corrected chi connectivity index (χ2v) is 6.68. The molecule has 1 saturated heterocycles. The molecule has 2 rings (SSSR count). The van der Waals surface area contributed by atoms with Crippen molar-refractivity contribution in [3.05, 3.63) is 40.9 Å². The topological polar surface area (TPSA) is 91.4 Å². The highest BCUT2D eigenvalue weighted by atomic mass is 32.2. The van der Waals surface area contributed by atoms with Crippen LogP contribution in [0.1, 0.15) is 12.5 Å². The summed E-state index contributed by atoms with van der Waals surface area (Å²) in [5.41, 5.74) is 0.741. The third-order valence-corrected chi connectivity index (χ3v) is 4.84. The Hall–Kier alpha value is -2.94. The first-order chi connectivity index (χ1) is 14.0. The molecule has 0 spiro atoms. The molecule has 1 aromatic carbocycles. The van der Waals surface area contributed by atoms with Crippen molar-refractivity contribution in [2.24, 2.45) is 0 Å². The number of thioether (sulfide) groups is 1. The SMILES string of the molecule is CCOC(=O)/C=C1\SCC(=O)N1CCOC(=O)/C=C/c1ccc(OC)c(OC)c1. The number of ether oxygens (including phenoxy) is 4. The van der Waals surface area contributed by atoms with Gasteiger partial charge in [-0.1, -0.05) is 17.8 Å². The van der Waals surface area contributed by atoms with E-state index in [9.17, 15) is 14.4 Å². The van der Waals surface area contributed by atoms with E-state index < -0.39 is 11.9 Å². The van der Waals surface area contributed by atoms with E-state index in [4.69, 9.17) is 18.9 Å². The van der Waals surface area contributed by atoms with Gasteiger partial charge in [-0.3, -0.25) is 4.79 Å². The van der Waals surface area contributed by atoms with Crippen molar-refractivity contribution in [1.29, 1.82) is 0 Å². The zero-order valence-electron chi connectivity index (χ0n) is 16.5. The second kappa shape index (κ2) is 11.2. The van der Waals surface area contributed by atoms with Gasteiger partial charge >= 0.3 is 11.9 Å². The first-order valence-electron chi connectivity index (χ1n) is 8.87. The molecule has 0 unspecified atom stereocenters. The number of carbonyl (C=O) groups is 3. The minimum absolute atomic E-state index is 0.00156. The normalized spacial score (nSPS) is 15.1. The molecule has 0 bridgehead atoms. The Labute approximate surface area is 173 Å². The summed E-state index contributed by atoms with van der Waals surface area (Å²) in [5.74, 6) is 0.168. The van der Waals surface area contributed by atoms with E-state index in [0.29, 0.717) is 16.5 Å². The molecular formula is C20H23NO7S. The molecule has 1 heterocycles. The molecule has 9 heteroatoms. The van der Waals surface area contributed by atoms with Crippen LogP contribution in [0.4, 0.5) is 0 Å². The van der Waals surface area contributed by atoms with Crippen molar-refractivity contribution < 1.29 is 33.3 Å². The Bertz CT molecular complexity index is 819. The van der Waals surface area contributed by atoms with E-state index in [1.165, 1.54) is 35.9 Å². The molecule has 0 atom stereocenters. The molecule has 0 radical (unpaired) electrons. The van der Waals surface area contributed by atoms with Gasteiger partial charge in [-0.2, -0.15) is 0 Å². The van der Waals surface area contributed by atoms with Crippen LogP contribution < -0.4 is 9.47 Å². The lowest BCUT2D eigenvalue weighted by atomic mass is 10.2. The quantitative estimate of drug-likeness (QED) is 0.443. The summed E-state index contributed by atoms with van der Waals surface area (Å²) in [6.07, 6.45) is 4.16.